The van der Waals surface area contributed by atoms with E-state index in [4.69, 9.17) is 5.73 Å². The highest BCUT2D eigenvalue weighted by Crippen LogP contribution is 2.17. The van der Waals surface area contributed by atoms with Crippen LogP contribution in [0.25, 0.3) is 0 Å². The lowest BCUT2D eigenvalue weighted by Gasteiger charge is -2.16. The molecule has 0 unspecified atom stereocenters. The molecular weight excluding hydrogens is 242 g/mol. The summed E-state index contributed by atoms with van der Waals surface area (Å²) in [4.78, 5) is 22.2. The van der Waals surface area contributed by atoms with E-state index in [9.17, 15) is 9.59 Å². The van der Waals surface area contributed by atoms with Crippen LogP contribution < -0.4 is 16.4 Å². The molecule has 1 aliphatic carbocycles. The van der Waals surface area contributed by atoms with Crippen molar-refractivity contribution in [2.75, 3.05) is 6.54 Å². The molecule has 0 aromatic heterocycles. The maximum atomic E-state index is 11.8. The number of urea groups is 1. The van der Waals surface area contributed by atoms with Gasteiger partial charge in [-0.25, -0.2) is 4.79 Å². The molecule has 1 rings (SSSR count). The smallest absolute Gasteiger partial charge is 0.312 e. The fraction of sp³-hybridized carbons (Fsp3) is 0.857. The fourth-order valence-corrected chi connectivity index (χ4v) is 2.52. The highest BCUT2D eigenvalue weighted by Gasteiger charge is 2.14. The average molecular weight is 269 g/mol. The molecule has 4 N–H and O–H groups in total. The molecule has 0 heterocycles. The molecule has 0 bridgehead atoms. The van der Waals surface area contributed by atoms with E-state index in [0.29, 0.717) is 19.0 Å². The molecule has 0 aromatic carbocycles. The van der Waals surface area contributed by atoms with Crippen LogP contribution in [0, 0.1) is 0 Å². The Hall–Kier alpha value is -1.26. The fourth-order valence-electron chi connectivity index (χ4n) is 2.52. The maximum Gasteiger partial charge on any atom is 0.312 e. The number of hydrogen-bond donors (Lipinski definition) is 3. The second-order valence-electron chi connectivity index (χ2n) is 5.36. The Balaban J connectivity index is 1.99. The third-order valence-electron chi connectivity index (χ3n) is 3.60. The lowest BCUT2D eigenvalue weighted by Crippen LogP contribution is -2.34. The third kappa shape index (κ3) is 8.46. The molecule has 0 radical (unpaired) electrons. The van der Waals surface area contributed by atoms with Crippen molar-refractivity contribution in [3.05, 3.63) is 0 Å². The van der Waals surface area contributed by atoms with Gasteiger partial charge in [0, 0.05) is 19.0 Å². The highest BCUT2D eigenvalue weighted by molar-refractivity contribution is 5.76. The zero-order valence-electron chi connectivity index (χ0n) is 11.7. The van der Waals surface area contributed by atoms with Crippen molar-refractivity contribution < 1.29 is 9.59 Å². The first-order chi connectivity index (χ1) is 9.18. The molecule has 19 heavy (non-hydrogen) atoms. The predicted molar refractivity (Wildman–Crippen MR) is 75.7 cm³/mol. The van der Waals surface area contributed by atoms with E-state index in [-0.39, 0.29) is 5.91 Å². The van der Waals surface area contributed by atoms with Crippen LogP contribution in [0.15, 0.2) is 0 Å². The highest BCUT2D eigenvalue weighted by atomic mass is 16.2. The van der Waals surface area contributed by atoms with Crippen molar-refractivity contribution in [1.82, 2.24) is 10.6 Å². The van der Waals surface area contributed by atoms with Crippen molar-refractivity contribution in [1.29, 1.82) is 0 Å². The van der Waals surface area contributed by atoms with Crippen LogP contribution in [-0.2, 0) is 4.79 Å². The lowest BCUT2D eigenvalue weighted by atomic mass is 10.1. The van der Waals surface area contributed by atoms with Gasteiger partial charge in [-0.05, 0) is 25.7 Å². The van der Waals surface area contributed by atoms with Gasteiger partial charge in [0.05, 0.1) is 0 Å². The summed E-state index contributed by atoms with van der Waals surface area (Å²) in [6.45, 7) is 0.597. The first kappa shape index (κ1) is 15.8. The van der Waals surface area contributed by atoms with E-state index in [1.165, 1.54) is 25.7 Å². The monoisotopic (exact) mass is 269 g/mol. The SMILES string of the molecule is NC(=O)NCCCCCC(=O)NC1CCCCCC1. The number of amides is 3. The van der Waals surface area contributed by atoms with Crippen LogP contribution in [0.4, 0.5) is 4.79 Å². The van der Waals surface area contributed by atoms with E-state index in [2.05, 4.69) is 10.6 Å². The number of unbranched alkanes of at least 4 members (excludes halogenated alkanes) is 2. The first-order valence-electron chi connectivity index (χ1n) is 7.51. The largest absolute Gasteiger partial charge is 0.353 e. The van der Waals surface area contributed by atoms with Gasteiger partial charge in [0.15, 0.2) is 0 Å². The maximum absolute atomic E-state index is 11.8. The first-order valence-corrected chi connectivity index (χ1v) is 7.51. The van der Waals surface area contributed by atoms with Crippen LogP contribution in [-0.4, -0.2) is 24.5 Å². The van der Waals surface area contributed by atoms with Crippen LogP contribution in [0.1, 0.15) is 64.2 Å². The molecule has 5 heteroatoms. The summed E-state index contributed by atoms with van der Waals surface area (Å²) in [5.41, 5.74) is 4.96. The Bertz CT molecular complexity index is 274. The number of primary amides is 1. The minimum atomic E-state index is -0.480. The zero-order chi connectivity index (χ0) is 13.9. The summed E-state index contributed by atoms with van der Waals surface area (Å²) in [5.74, 6) is 0.176. The molecule has 0 spiro atoms. The molecule has 5 nitrogen and oxygen atoms in total. The van der Waals surface area contributed by atoms with E-state index in [0.717, 1.165) is 32.1 Å². The quantitative estimate of drug-likeness (QED) is 0.488. The summed E-state index contributed by atoms with van der Waals surface area (Å²) in [6, 6.07) is -0.0855. The summed E-state index contributed by atoms with van der Waals surface area (Å²) in [7, 11) is 0. The Morgan fingerprint density at radius 3 is 2.32 bits per heavy atom. The number of rotatable bonds is 7. The molecule has 0 aromatic rings. The van der Waals surface area contributed by atoms with Gasteiger partial charge in [-0.3, -0.25) is 4.79 Å². The van der Waals surface area contributed by atoms with Gasteiger partial charge in [0.1, 0.15) is 0 Å². The second-order valence-corrected chi connectivity index (χ2v) is 5.36. The van der Waals surface area contributed by atoms with Crippen molar-refractivity contribution in [2.24, 2.45) is 5.73 Å². The molecule has 1 aliphatic rings. The van der Waals surface area contributed by atoms with Crippen LogP contribution >= 0.6 is 0 Å². The summed E-state index contributed by atoms with van der Waals surface area (Å²) < 4.78 is 0. The molecule has 110 valence electrons. The molecule has 3 amide bonds. The Kier molecular flexibility index (Phi) is 8.02. The molecule has 0 aliphatic heterocycles. The molecule has 0 atom stereocenters. The van der Waals surface area contributed by atoms with E-state index in [1.807, 2.05) is 0 Å². The molecular formula is C14H27N3O2. The Labute approximate surface area is 115 Å². The minimum Gasteiger partial charge on any atom is -0.353 e. The van der Waals surface area contributed by atoms with E-state index in [1.54, 1.807) is 0 Å². The minimum absolute atomic E-state index is 0.176. The number of nitrogens with two attached hydrogens (primary N) is 1. The summed E-state index contributed by atoms with van der Waals surface area (Å²) >= 11 is 0. The normalized spacial score (nSPS) is 16.6. The van der Waals surface area contributed by atoms with Gasteiger partial charge in [-0.1, -0.05) is 32.1 Å². The van der Waals surface area contributed by atoms with Crippen LogP contribution in [0.3, 0.4) is 0 Å². The summed E-state index contributed by atoms with van der Waals surface area (Å²) in [6.07, 6.45) is 10.6. The van der Waals surface area contributed by atoms with E-state index < -0.39 is 6.03 Å². The second kappa shape index (κ2) is 9.64. The third-order valence-corrected chi connectivity index (χ3v) is 3.60. The number of carbonyl (C=O) groups is 2. The molecule has 1 fully saturated rings. The predicted octanol–water partition coefficient (Wildman–Crippen LogP) is 2.05. The van der Waals surface area contributed by atoms with E-state index >= 15 is 0 Å². The lowest BCUT2D eigenvalue weighted by molar-refractivity contribution is -0.122. The van der Waals surface area contributed by atoms with Gasteiger partial charge in [0.2, 0.25) is 5.91 Å². The van der Waals surface area contributed by atoms with Gasteiger partial charge in [-0.2, -0.15) is 0 Å². The van der Waals surface area contributed by atoms with Gasteiger partial charge in [0.25, 0.3) is 0 Å². The Morgan fingerprint density at radius 2 is 1.68 bits per heavy atom. The van der Waals surface area contributed by atoms with Crippen molar-refractivity contribution >= 4 is 11.9 Å². The van der Waals surface area contributed by atoms with Crippen molar-refractivity contribution in [3.8, 4) is 0 Å². The number of nitrogens with one attached hydrogen (secondary N) is 2. The topological polar surface area (TPSA) is 84.2 Å². The van der Waals surface area contributed by atoms with Crippen LogP contribution in [0.5, 0.6) is 0 Å². The van der Waals surface area contributed by atoms with Crippen molar-refractivity contribution in [3.63, 3.8) is 0 Å². The van der Waals surface area contributed by atoms with Gasteiger partial charge < -0.3 is 16.4 Å². The standard InChI is InChI=1S/C14H27N3O2/c15-14(19)16-11-7-3-6-10-13(18)17-12-8-4-1-2-5-9-12/h12H,1-11H2,(H,17,18)(H3,15,16,19). The average Bonchev–Trinajstić information content (AvgIpc) is 2.62. The molecule has 0 saturated heterocycles. The number of carbonyl (C=O) groups excluding carboxylic acids is 2. The van der Waals surface area contributed by atoms with Gasteiger partial charge in [-0.15, -0.1) is 0 Å². The van der Waals surface area contributed by atoms with Crippen LogP contribution in [0.2, 0.25) is 0 Å². The van der Waals surface area contributed by atoms with Crippen molar-refractivity contribution in [2.45, 2.75) is 70.3 Å². The number of hydrogen-bond acceptors (Lipinski definition) is 2. The zero-order valence-corrected chi connectivity index (χ0v) is 11.7. The van der Waals surface area contributed by atoms with Gasteiger partial charge >= 0.3 is 6.03 Å². The summed E-state index contributed by atoms with van der Waals surface area (Å²) in [5, 5.41) is 5.68. The molecule has 1 saturated carbocycles. The Morgan fingerprint density at radius 1 is 1.00 bits per heavy atom.